The number of hydrogen-bond donors (Lipinski definition) is 0. The molecule has 1 aromatic rings. The Labute approximate surface area is 122 Å². The Morgan fingerprint density at radius 3 is 2.57 bits per heavy atom. The topological polar surface area (TPSA) is 77.9 Å². The van der Waals surface area contributed by atoms with Gasteiger partial charge >= 0.3 is 6.08 Å². The lowest BCUT2D eigenvalue weighted by Gasteiger charge is -1.98. The van der Waals surface area contributed by atoms with Gasteiger partial charge < -0.3 is 9.57 Å². The molecule has 0 bridgehead atoms. The molecule has 0 unspecified atom stereocenters. The number of nitrogens with zero attached hydrogens (tertiary/aromatic N) is 2. The molecule has 0 radical (unpaired) electrons. The predicted octanol–water partition coefficient (Wildman–Crippen LogP) is 2.37. The normalized spacial score (nSPS) is 11.7. The van der Waals surface area contributed by atoms with Gasteiger partial charge in [0.1, 0.15) is 12.0 Å². The fraction of sp³-hybridized carbons (Fsp3) is 0.400. The fourth-order valence-electron chi connectivity index (χ4n) is 1.17. The van der Waals surface area contributed by atoms with Crippen molar-refractivity contribution in [2.75, 3.05) is 20.0 Å². The van der Waals surface area contributed by atoms with Gasteiger partial charge in [0.2, 0.25) is 20.1 Å². The molecule has 0 saturated heterocycles. The summed E-state index contributed by atoms with van der Waals surface area (Å²) >= 11 is 0.712. The van der Waals surface area contributed by atoms with Gasteiger partial charge in [0, 0.05) is 6.42 Å². The lowest BCUT2D eigenvalue weighted by Crippen LogP contribution is -2.07. The third-order valence-corrected chi connectivity index (χ3v) is 5.27. The molecule has 1 heterocycles. The van der Waals surface area contributed by atoms with Crippen LogP contribution in [0.25, 0.3) is 0 Å². The van der Waals surface area contributed by atoms with E-state index in [-0.39, 0.29) is 15.1 Å². The number of thiazole rings is 1. The smallest absolute Gasteiger partial charge is 0.301 e. The molecule has 118 valence electrons. The molecule has 0 aromatic carbocycles. The van der Waals surface area contributed by atoms with Crippen LogP contribution in [0.15, 0.2) is 21.4 Å². The van der Waals surface area contributed by atoms with E-state index in [1.807, 2.05) is 0 Å². The predicted molar refractivity (Wildman–Crippen MR) is 70.3 cm³/mol. The quantitative estimate of drug-likeness (QED) is 0.560. The number of halogens is 3. The second-order valence-corrected chi connectivity index (χ2v) is 6.82. The number of ether oxygens (including phenoxy) is 1. The summed E-state index contributed by atoms with van der Waals surface area (Å²) in [6.07, 6.45) is -2.26. The van der Waals surface area contributed by atoms with Crippen molar-refractivity contribution in [1.29, 1.82) is 0 Å². The zero-order valence-corrected chi connectivity index (χ0v) is 12.6. The number of aromatic nitrogens is 1. The molecule has 1 rings (SSSR count). The molecule has 0 spiro atoms. The first-order valence-corrected chi connectivity index (χ1v) is 7.82. The summed E-state index contributed by atoms with van der Waals surface area (Å²) in [4.78, 5) is 8.43. The van der Waals surface area contributed by atoms with E-state index in [2.05, 4.69) is 15.0 Å². The summed E-state index contributed by atoms with van der Waals surface area (Å²) in [5, 5.41) is 3.45. The van der Waals surface area contributed by atoms with Crippen molar-refractivity contribution in [3.05, 3.63) is 16.8 Å². The summed E-state index contributed by atoms with van der Waals surface area (Å²) in [6.45, 7) is 0. The maximum absolute atomic E-state index is 12.7. The molecule has 0 saturated carbocycles. The van der Waals surface area contributed by atoms with E-state index in [0.717, 1.165) is 0 Å². The van der Waals surface area contributed by atoms with E-state index >= 15 is 0 Å². The van der Waals surface area contributed by atoms with Crippen LogP contribution < -0.4 is 4.74 Å². The van der Waals surface area contributed by atoms with Crippen LogP contribution in [0, 0.1) is 0 Å². The van der Waals surface area contributed by atoms with Crippen LogP contribution in [0.5, 0.6) is 5.88 Å². The number of rotatable bonds is 7. The SMILES string of the molecule is CON=Cc1sc(S(=O)(=O)CCC(F)=C(F)F)nc1OC. The van der Waals surface area contributed by atoms with Crippen molar-refractivity contribution in [2.45, 2.75) is 10.8 Å². The second kappa shape index (κ2) is 7.41. The van der Waals surface area contributed by atoms with Crippen molar-refractivity contribution in [1.82, 2.24) is 4.98 Å². The van der Waals surface area contributed by atoms with Crippen LogP contribution in [0.3, 0.4) is 0 Å². The average molecular weight is 344 g/mol. The minimum Gasteiger partial charge on any atom is -0.480 e. The first-order chi connectivity index (χ1) is 9.81. The van der Waals surface area contributed by atoms with Crippen molar-refractivity contribution < 1.29 is 31.2 Å². The van der Waals surface area contributed by atoms with E-state index in [1.165, 1.54) is 20.4 Å². The Bertz CT molecular complexity index is 651. The number of sulfone groups is 1. The summed E-state index contributed by atoms with van der Waals surface area (Å²) in [7, 11) is -1.44. The Balaban J connectivity index is 3.01. The molecule has 0 aliphatic rings. The van der Waals surface area contributed by atoms with Crippen LogP contribution in [0.1, 0.15) is 11.3 Å². The van der Waals surface area contributed by atoms with E-state index in [4.69, 9.17) is 4.74 Å². The van der Waals surface area contributed by atoms with Crippen LogP contribution in [-0.4, -0.2) is 39.6 Å². The minimum absolute atomic E-state index is 0.00735. The lowest BCUT2D eigenvalue weighted by molar-refractivity contribution is 0.215. The molecule has 0 fully saturated rings. The van der Waals surface area contributed by atoms with E-state index in [0.29, 0.717) is 11.3 Å². The highest BCUT2D eigenvalue weighted by atomic mass is 32.2. The summed E-state index contributed by atoms with van der Waals surface area (Å²) in [6, 6.07) is 0. The first-order valence-electron chi connectivity index (χ1n) is 5.35. The fourth-order valence-corrected chi connectivity index (χ4v) is 3.67. The molecule has 0 atom stereocenters. The highest BCUT2D eigenvalue weighted by Gasteiger charge is 2.23. The summed E-state index contributed by atoms with van der Waals surface area (Å²) in [5.41, 5.74) is 0. The molecule has 0 aliphatic carbocycles. The lowest BCUT2D eigenvalue weighted by atomic mass is 10.4. The van der Waals surface area contributed by atoms with Crippen LogP contribution in [0.2, 0.25) is 0 Å². The second-order valence-electron chi connectivity index (χ2n) is 3.50. The van der Waals surface area contributed by atoms with Gasteiger partial charge in [-0.3, -0.25) is 0 Å². The molecule has 21 heavy (non-hydrogen) atoms. The van der Waals surface area contributed by atoms with E-state index in [1.54, 1.807) is 0 Å². The van der Waals surface area contributed by atoms with Crippen molar-refractivity contribution in [2.24, 2.45) is 5.16 Å². The third-order valence-electron chi connectivity index (χ3n) is 2.13. The van der Waals surface area contributed by atoms with Gasteiger partial charge in [0.15, 0.2) is 5.83 Å². The first kappa shape index (κ1) is 17.4. The zero-order chi connectivity index (χ0) is 16.0. The van der Waals surface area contributed by atoms with Gasteiger partial charge in [-0.1, -0.05) is 16.5 Å². The van der Waals surface area contributed by atoms with Crippen molar-refractivity contribution >= 4 is 27.4 Å². The molecular weight excluding hydrogens is 333 g/mol. The molecule has 0 N–H and O–H groups in total. The van der Waals surface area contributed by atoms with Gasteiger partial charge in [0.25, 0.3) is 0 Å². The molecule has 11 heteroatoms. The number of methoxy groups -OCH3 is 1. The monoisotopic (exact) mass is 344 g/mol. The number of allylic oxidation sites excluding steroid dienone is 1. The van der Waals surface area contributed by atoms with E-state index in [9.17, 15) is 21.6 Å². The van der Waals surface area contributed by atoms with Crippen LogP contribution >= 0.6 is 11.3 Å². The third kappa shape index (κ3) is 4.70. The van der Waals surface area contributed by atoms with Crippen LogP contribution in [0.4, 0.5) is 13.2 Å². The highest BCUT2D eigenvalue weighted by Crippen LogP contribution is 2.28. The molecule has 6 nitrogen and oxygen atoms in total. The largest absolute Gasteiger partial charge is 0.480 e. The van der Waals surface area contributed by atoms with Gasteiger partial charge in [-0.05, 0) is 0 Å². The average Bonchev–Trinajstić information content (AvgIpc) is 2.86. The van der Waals surface area contributed by atoms with Crippen LogP contribution in [-0.2, 0) is 14.7 Å². The Kier molecular flexibility index (Phi) is 6.15. The number of oxime groups is 1. The summed E-state index contributed by atoms with van der Waals surface area (Å²) in [5.74, 6) is -2.59. The zero-order valence-electron chi connectivity index (χ0n) is 11.0. The van der Waals surface area contributed by atoms with Gasteiger partial charge in [-0.2, -0.15) is 13.8 Å². The minimum atomic E-state index is -4.01. The Morgan fingerprint density at radius 2 is 2.05 bits per heavy atom. The maximum atomic E-state index is 12.7. The Morgan fingerprint density at radius 1 is 1.38 bits per heavy atom. The highest BCUT2D eigenvalue weighted by molar-refractivity contribution is 7.93. The molecule has 1 aromatic heterocycles. The van der Waals surface area contributed by atoms with Crippen molar-refractivity contribution in [3.8, 4) is 5.88 Å². The number of hydrogen-bond acceptors (Lipinski definition) is 7. The van der Waals surface area contributed by atoms with Gasteiger partial charge in [0.05, 0.1) is 19.1 Å². The Hall–Kier alpha value is -1.62. The molecular formula is C10H11F3N2O4S2. The summed E-state index contributed by atoms with van der Waals surface area (Å²) < 4.78 is 64.8. The molecule has 0 amide bonds. The van der Waals surface area contributed by atoms with E-state index < -0.39 is 33.9 Å². The molecule has 0 aliphatic heterocycles. The van der Waals surface area contributed by atoms with Gasteiger partial charge in [-0.25, -0.2) is 12.8 Å². The van der Waals surface area contributed by atoms with Gasteiger partial charge in [-0.15, -0.1) is 0 Å². The van der Waals surface area contributed by atoms with Crippen molar-refractivity contribution in [3.63, 3.8) is 0 Å². The standard InChI is InChI=1S/C10H11F3N2O4S2/c1-18-9-7(5-14-19-2)20-10(15-9)21(16,17)4-3-6(11)8(12)13/h5H,3-4H2,1-2H3. The maximum Gasteiger partial charge on any atom is 0.301 e.